The summed E-state index contributed by atoms with van der Waals surface area (Å²) in [6.45, 7) is 2.29. The molecular weight excluding hydrogens is 360 g/mol. The van der Waals surface area contributed by atoms with Gasteiger partial charge in [-0.2, -0.15) is 4.31 Å². The molecule has 7 heteroatoms. The van der Waals surface area contributed by atoms with Crippen molar-refractivity contribution < 1.29 is 13.2 Å². The Morgan fingerprint density at radius 2 is 1.84 bits per heavy atom. The van der Waals surface area contributed by atoms with Crippen molar-refractivity contribution in [1.29, 1.82) is 0 Å². The molecule has 130 valence electrons. The van der Waals surface area contributed by atoms with Gasteiger partial charge in [-0.15, -0.1) is 0 Å². The normalized spacial score (nSPS) is 19.0. The van der Waals surface area contributed by atoms with E-state index >= 15 is 0 Å². The minimum Gasteiger partial charge on any atom is -0.292 e. The van der Waals surface area contributed by atoms with Crippen molar-refractivity contribution in [2.75, 3.05) is 15.7 Å². The Balaban J connectivity index is 1.92. The highest BCUT2D eigenvalue weighted by Gasteiger charge is 2.44. The fourth-order valence-corrected chi connectivity index (χ4v) is 4.90. The molecule has 0 aromatic heterocycles. The number of benzene rings is 2. The van der Waals surface area contributed by atoms with Crippen LogP contribution in [0.15, 0.2) is 47.4 Å². The van der Waals surface area contributed by atoms with E-state index in [-0.39, 0.29) is 4.90 Å². The Labute approximate surface area is 151 Å². The van der Waals surface area contributed by atoms with Gasteiger partial charge in [0, 0.05) is 11.6 Å². The number of carbonyl (C=O) groups is 1. The zero-order valence-electron chi connectivity index (χ0n) is 13.6. The lowest BCUT2D eigenvalue weighted by Crippen LogP contribution is -2.51. The quantitative estimate of drug-likeness (QED) is 0.806. The average molecular weight is 377 g/mol. The summed E-state index contributed by atoms with van der Waals surface area (Å²) in [4.78, 5) is 14.9. The predicted molar refractivity (Wildman–Crippen MR) is 97.8 cm³/mol. The van der Waals surface area contributed by atoms with Crippen molar-refractivity contribution >= 4 is 39.0 Å². The molecule has 25 heavy (non-hydrogen) atoms. The minimum absolute atomic E-state index is 0.148. The molecule has 0 bridgehead atoms. The molecule has 0 radical (unpaired) electrons. The molecule has 1 fully saturated rings. The standard InChI is InChI=1S/C18H17ClN2O3S/c1-12-6-9-14(19)10-16(12)21-18(22)20(11-13-7-8-13)15-4-2-3-5-17(15)25(21,23)24/h2-6,9-10,13H,7-8,11H2,1H3. The van der Waals surface area contributed by atoms with Crippen molar-refractivity contribution in [3.05, 3.63) is 53.1 Å². The maximum atomic E-state index is 13.2. The van der Waals surface area contributed by atoms with E-state index in [1.165, 1.54) is 6.07 Å². The van der Waals surface area contributed by atoms with Crippen LogP contribution in [-0.2, 0) is 10.0 Å². The Bertz CT molecular complexity index is 970. The number of rotatable bonds is 3. The largest absolute Gasteiger partial charge is 0.343 e. The molecule has 1 aliphatic carbocycles. The number of carbonyl (C=O) groups excluding carboxylic acids is 1. The van der Waals surface area contributed by atoms with Gasteiger partial charge in [-0.05, 0) is 55.5 Å². The number of sulfonamides is 1. The third-order valence-corrected chi connectivity index (χ3v) is 6.58. The number of fused-ring (bicyclic) bond motifs is 1. The van der Waals surface area contributed by atoms with Gasteiger partial charge in [-0.25, -0.2) is 13.2 Å². The number of nitrogens with zero attached hydrogens (tertiary/aromatic N) is 2. The fraction of sp³-hybridized carbons (Fsp3) is 0.278. The van der Waals surface area contributed by atoms with Crippen LogP contribution in [0.1, 0.15) is 18.4 Å². The van der Waals surface area contributed by atoms with Gasteiger partial charge in [0.25, 0.3) is 10.0 Å². The number of aryl methyl sites for hydroxylation is 1. The lowest BCUT2D eigenvalue weighted by atomic mass is 10.2. The molecule has 0 saturated heterocycles. The zero-order chi connectivity index (χ0) is 17.8. The highest BCUT2D eigenvalue weighted by Crippen LogP contribution is 2.41. The maximum Gasteiger partial charge on any atom is 0.343 e. The Kier molecular flexibility index (Phi) is 3.77. The summed E-state index contributed by atoms with van der Waals surface area (Å²) in [7, 11) is -3.99. The smallest absolute Gasteiger partial charge is 0.292 e. The van der Waals surface area contributed by atoms with E-state index in [4.69, 9.17) is 11.6 Å². The molecule has 0 N–H and O–H groups in total. The van der Waals surface area contributed by atoms with Crippen LogP contribution in [0.25, 0.3) is 0 Å². The van der Waals surface area contributed by atoms with Crippen LogP contribution in [0.5, 0.6) is 0 Å². The second kappa shape index (κ2) is 5.75. The number of halogens is 1. The van der Waals surface area contributed by atoms with E-state index in [0.717, 1.165) is 17.1 Å². The fourth-order valence-electron chi connectivity index (χ4n) is 3.08. The maximum absolute atomic E-state index is 13.2. The van der Waals surface area contributed by atoms with Gasteiger partial charge in [0.15, 0.2) is 0 Å². The third-order valence-electron chi connectivity index (χ3n) is 4.61. The summed E-state index contributed by atoms with van der Waals surface area (Å²) < 4.78 is 27.2. The molecule has 2 aromatic rings. The highest BCUT2D eigenvalue weighted by atomic mass is 35.5. The van der Waals surface area contributed by atoms with Gasteiger partial charge in [-0.1, -0.05) is 29.8 Å². The van der Waals surface area contributed by atoms with Crippen molar-refractivity contribution in [1.82, 2.24) is 0 Å². The number of hydrogen-bond acceptors (Lipinski definition) is 3. The van der Waals surface area contributed by atoms with Crippen LogP contribution in [0.4, 0.5) is 16.2 Å². The summed E-state index contributed by atoms with van der Waals surface area (Å²) in [5, 5.41) is 0.385. The van der Waals surface area contributed by atoms with Gasteiger partial charge in [0.1, 0.15) is 4.90 Å². The highest BCUT2D eigenvalue weighted by molar-refractivity contribution is 7.94. The number of para-hydroxylation sites is 1. The SMILES string of the molecule is Cc1ccc(Cl)cc1N1C(=O)N(CC2CC2)c2ccccc2S1(=O)=O. The molecule has 1 heterocycles. The van der Waals surface area contributed by atoms with Gasteiger partial charge in [0.05, 0.1) is 11.4 Å². The molecule has 5 nitrogen and oxygen atoms in total. The van der Waals surface area contributed by atoms with Crippen LogP contribution in [0.2, 0.25) is 5.02 Å². The number of hydrogen-bond donors (Lipinski definition) is 0. The second-order valence-electron chi connectivity index (χ2n) is 6.50. The number of anilines is 2. The first-order valence-corrected chi connectivity index (χ1v) is 9.93. The van der Waals surface area contributed by atoms with E-state index in [1.807, 2.05) is 0 Å². The van der Waals surface area contributed by atoms with Gasteiger partial charge < -0.3 is 0 Å². The van der Waals surface area contributed by atoms with E-state index < -0.39 is 16.1 Å². The van der Waals surface area contributed by atoms with Crippen molar-refractivity contribution in [2.24, 2.45) is 5.92 Å². The summed E-state index contributed by atoms with van der Waals surface area (Å²) in [6.07, 6.45) is 2.13. The Morgan fingerprint density at radius 1 is 1.12 bits per heavy atom. The topological polar surface area (TPSA) is 57.7 Å². The molecule has 2 aromatic carbocycles. The van der Waals surface area contributed by atoms with Crippen LogP contribution < -0.4 is 9.21 Å². The van der Waals surface area contributed by atoms with Gasteiger partial charge >= 0.3 is 6.03 Å². The summed E-state index contributed by atoms with van der Waals surface area (Å²) in [5.41, 5.74) is 1.43. The van der Waals surface area contributed by atoms with Crippen molar-refractivity contribution in [2.45, 2.75) is 24.7 Å². The second-order valence-corrected chi connectivity index (χ2v) is 8.70. The monoisotopic (exact) mass is 376 g/mol. The van der Waals surface area contributed by atoms with Crippen LogP contribution in [0, 0.1) is 12.8 Å². The Hall–Kier alpha value is -2.05. The summed E-state index contributed by atoms with van der Waals surface area (Å²) in [6, 6.07) is 11.0. The lowest BCUT2D eigenvalue weighted by molar-refractivity contribution is 0.253. The first kappa shape index (κ1) is 16.4. The van der Waals surface area contributed by atoms with Crippen LogP contribution >= 0.6 is 11.6 Å². The molecule has 0 atom stereocenters. The van der Waals surface area contributed by atoms with Crippen LogP contribution in [-0.4, -0.2) is 21.0 Å². The average Bonchev–Trinajstić information content (AvgIpc) is 3.39. The molecule has 2 amide bonds. The molecule has 1 saturated carbocycles. The van der Waals surface area contributed by atoms with E-state index in [1.54, 1.807) is 48.2 Å². The number of amides is 2. The molecular formula is C18H17ClN2O3S. The van der Waals surface area contributed by atoms with E-state index in [0.29, 0.717) is 34.4 Å². The molecule has 1 aliphatic heterocycles. The van der Waals surface area contributed by atoms with Gasteiger partial charge in [-0.3, -0.25) is 4.90 Å². The van der Waals surface area contributed by atoms with E-state index in [2.05, 4.69) is 0 Å². The molecule has 0 spiro atoms. The third kappa shape index (κ3) is 2.69. The van der Waals surface area contributed by atoms with Crippen molar-refractivity contribution in [3.8, 4) is 0 Å². The first-order chi connectivity index (χ1) is 11.9. The molecule has 0 unspecified atom stereocenters. The summed E-state index contributed by atoms with van der Waals surface area (Å²) in [5.74, 6) is 0.431. The molecule has 2 aliphatic rings. The summed E-state index contributed by atoms with van der Waals surface area (Å²) >= 11 is 6.06. The minimum atomic E-state index is -3.99. The van der Waals surface area contributed by atoms with Crippen molar-refractivity contribution in [3.63, 3.8) is 0 Å². The van der Waals surface area contributed by atoms with E-state index in [9.17, 15) is 13.2 Å². The first-order valence-electron chi connectivity index (χ1n) is 8.11. The molecule has 4 rings (SSSR count). The Morgan fingerprint density at radius 3 is 2.56 bits per heavy atom. The van der Waals surface area contributed by atoms with Crippen LogP contribution in [0.3, 0.4) is 0 Å². The van der Waals surface area contributed by atoms with Gasteiger partial charge in [0.2, 0.25) is 0 Å². The zero-order valence-corrected chi connectivity index (χ0v) is 15.2. The lowest BCUT2D eigenvalue weighted by Gasteiger charge is -2.36. The predicted octanol–water partition coefficient (Wildman–Crippen LogP) is 4.19. The number of urea groups is 1.